The first-order valence-electron chi connectivity index (χ1n) is 1.97. The molecule has 0 rings (SSSR count). The van der Waals surface area contributed by atoms with E-state index in [1.165, 1.54) is 0 Å². The van der Waals surface area contributed by atoms with Gasteiger partial charge in [0.1, 0.15) is 6.26 Å². The molecule has 0 aliphatic heterocycles. The molecule has 0 aromatic heterocycles. The van der Waals surface area contributed by atoms with Crippen molar-refractivity contribution in [2.24, 2.45) is 0 Å². The Kier molecular flexibility index (Phi) is 2.36. The Hall–Kier alpha value is -0.870. The van der Waals surface area contributed by atoms with Crippen molar-refractivity contribution >= 4 is 0 Å². The number of allylic oxidation sites excluding steroid dienone is 1. The van der Waals surface area contributed by atoms with Crippen LogP contribution in [0.15, 0.2) is 12.0 Å². The fourth-order valence-electron chi connectivity index (χ4n) is 0.178. The molecule has 0 saturated carbocycles. The maximum atomic E-state index is 11.2. The first kappa shape index (κ1) is 8.13. The molecule has 0 amide bonds. The van der Waals surface area contributed by atoms with Gasteiger partial charge >= 0.3 is 6.18 Å². The minimum atomic E-state index is -4.70. The van der Waals surface area contributed by atoms with Crippen LogP contribution in [0.2, 0.25) is 0 Å². The van der Waals surface area contributed by atoms with Crippen LogP contribution in [-0.2, 0) is 4.74 Å². The van der Waals surface area contributed by atoms with Gasteiger partial charge in [-0.25, -0.2) is 0 Å². The van der Waals surface area contributed by atoms with Crippen molar-refractivity contribution in [1.82, 2.24) is 0 Å². The summed E-state index contributed by atoms with van der Waals surface area (Å²) in [6, 6.07) is 0. The number of hydrogen-bond donors (Lipinski definition) is 1. The predicted molar refractivity (Wildman–Crippen MR) is 23.8 cm³/mol. The molecule has 2 nitrogen and oxygen atoms in total. The first-order valence-corrected chi connectivity index (χ1v) is 1.97. The number of rotatable bonds is 1. The van der Waals surface area contributed by atoms with Gasteiger partial charge in [0.25, 0.3) is 0 Å². The van der Waals surface area contributed by atoms with Crippen LogP contribution in [0.3, 0.4) is 0 Å². The maximum Gasteiger partial charge on any atom is 0.451 e. The van der Waals surface area contributed by atoms with Crippen LogP contribution >= 0.6 is 0 Å². The highest BCUT2D eigenvalue weighted by molar-refractivity contribution is 4.92. The first-order chi connectivity index (χ1) is 3.98. The zero-order valence-electron chi connectivity index (χ0n) is 4.57. The number of alkyl halides is 3. The molecule has 54 valence electrons. The lowest BCUT2D eigenvalue weighted by Crippen LogP contribution is -2.11. The Morgan fingerprint density at radius 2 is 2.00 bits per heavy atom. The summed E-state index contributed by atoms with van der Waals surface area (Å²) in [5.41, 5.74) is 0. The lowest BCUT2D eigenvalue weighted by Gasteiger charge is -2.02. The predicted octanol–water partition coefficient (Wildman–Crippen LogP) is 1.59. The minimum absolute atomic E-state index is 0.222. The van der Waals surface area contributed by atoms with Crippen molar-refractivity contribution in [2.45, 2.75) is 6.18 Å². The number of hydrogen-bond acceptors (Lipinski definition) is 2. The van der Waals surface area contributed by atoms with Gasteiger partial charge in [-0.05, 0) is 0 Å². The summed E-state index contributed by atoms with van der Waals surface area (Å²) in [6.07, 6.45) is -4.48. The van der Waals surface area contributed by atoms with E-state index in [-0.39, 0.29) is 6.26 Å². The second-order valence-electron chi connectivity index (χ2n) is 1.24. The number of aliphatic hydroxyl groups excluding tert-OH is 1. The van der Waals surface area contributed by atoms with Gasteiger partial charge in [0, 0.05) is 0 Å². The van der Waals surface area contributed by atoms with E-state index in [9.17, 15) is 13.2 Å². The van der Waals surface area contributed by atoms with Crippen LogP contribution in [-0.4, -0.2) is 18.4 Å². The van der Waals surface area contributed by atoms with Gasteiger partial charge in [0.2, 0.25) is 5.76 Å². The summed E-state index contributed by atoms with van der Waals surface area (Å²) in [5, 5.41) is 8.00. The van der Waals surface area contributed by atoms with Gasteiger partial charge in [-0.2, -0.15) is 13.2 Å². The van der Waals surface area contributed by atoms with Crippen LogP contribution in [0, 0.1) is 0 Å². The smallest absolute Gasteiger partial charge is 0.451 e. The van der Waals surface area contributed by atoms with Crippen LogP contribution in [0.25, 0.3) is 0 Å². The van der Waals surface area contributed by atoms with E-state index < -0.39 is 11.9 Å². The quantitative estimate of drug-likeness (QED) is 0.563. The van der Waals surface area contributed by atoms with E-state index in [0.29, 0.717) is 0 Å². The molecule has 9 heavy (non-hydrogen) atoms. The zero-order chi connectivity index (χ0) is 7.49. The van der Waals surface area contributed by atoms with Crippen molar-refractivity contribution in [3.63, 3.8) is 0 Å². The lowest BCUT2D eigenvalue weighted by atomic mass is 10.5. The average molecular weight is 142 g/mol. The third-order valence-electron chi connectivity index (χ3n) is 0.520. The largest absolute Gasteiger partial charge is 0.502 e. The van der Waals surface area contributed by atoms with Gasteiger partial charge in [-0.15, -0.1) is 0 Å². The number of ether oxygens (including phenoxy) is 1. The number of halogens is 3. The molecule has 0 atom stereocenters. The van der Waals surface area contributed by atoms with Crippen molar-refractivity contribution in [1.29, 1.82) is 0 Å². The van der Waals surface area contributed by atoms with E-state index >= 15 is 0 Å². The van der Waals surface area contributed by atoms with E-state index in [4.69, 9.17) is 5.11 Å². The summed E-state index contributed by atoms with van der Waals surface area (Å²) in [4.78, 5) is 0. The molecule has 0 aromatic rings. The van der Waals surface area contributed by atoms with Crippen molar-refractivity contribution < 1.29 is 23.0 Å². The van der Waals surface area contributed by atoms with Crippen molar-refractivity contribution in [3.05, 3.63) is 12.0 Å². The summed E-state index contributed by atoms with van der Waals surface area (Å²) < 4.78 is 37.6. The highest BCUT2D eigenvalue weighted by Crippen LogP contribution is 2.22. The van der Waals surface area contributed by atoms with Crippen LogP contribution < -0.4 is 0 Å². The standard InChI is InChI=1S/C4H5F3O2/c1-9-2-3(8)4(5,6)7/h2,8H,1H3/b3-2-. The molecule has 0 saturated heterocycles. The molecule has 0 fully saturated rings. The van der Waals surface area contributed by atoms with Crippen LogP contribution in [0.1, 0.15) is 0 Å². The molecule has 0 bridgehead atoms. The van der Waals surface area contributed by atoms with Crippen LogP contribution in [0.4, 0.5) is 13.2 Å². The normalized spacial score (nSPS) is 13.6. The maximum absolute atomic E-state index is 11.2. The molecule has 0 spiro atoms. The average Bonchev–Trinajstić information content (AvgIpc) is 1.64. The minimum Gasteiger partial charge on any atom is -0.502 e. The summed E-state index contributed by atoms with van der Waals surface area (Å²) >= 11 is 0. The highest BCUT2D eigenvalue weighted by Gasteiger charge is 2.34. The monoisotopic (exact) mass is 142 g/mol. The Bertz CT molecular complexity index is 115. The Balaban J connectivity index is 4.03. The van der Waals surface area contributed by atoms with E-state index in [0.717, 1.165) is 7.11 Å². The van der Waals surface area contributed by atoms with Gasteiger partial charge < -0.3 is 9.84 Å². The molecule has 0 heterocycles. The number of aliphatic hydroxyl groups is 1. The number of methoxy groups -OCH3 is 1. The molecule has 0 aromatic carbocycles. The highest BCUT2D eigenvalue weighted by atomic mass is 19.4. The summed E-state index contributed by atoms with van der Waals surface area (Å²) in [6.45, 7) is 0. The van der Waals surface area contributed by atoms with Gasteiger partial charge in [0.15, 0.2) is 0 Å². The third kappa shape index (κ3) is 2.84. The molecule has 1 N–H and O–H groups in total. The molecule has 0 aliphatic rings. The van der Waals surface area contributed by atoms with Crippen molar-refractivity contribution in [3.8, 4) is 0 Å². The zero-order valence-corrected chi connectivity index (χ0v) is 4.57. The SMILES string of the molecule is CO/C=C(\O)C(F)(F)F. The van der Waals surface area contributed by atoms with Crippen molar-refractivity contribution in [2.75, 3.05) is 7.11 Å². The molecular formula is C4H5F3O2. The Morgan fingerprint density at radius 3 is 2.11 bits per heavy atom. The lowest BCUT2D eigenvalue weighted by molar-refractivity contribution is -0.123. The summed E-state index contributed by atoms with van der Waals surface area (Å²) in [5.74, 6) is -1.73. The van der Waals surface area contributed by atoms with Gasteiger partial charge in [-0.1, -0.05) is 0 Å². The molecule has 0 radical (unpaired) electrons. The molecule has 0 unspecified atom stereocenters. The van der Waals surface area contributed by atoms with E-state index in [2.05, 4.69) is 4.74 Å². The third-order valence-corrected chi connectivity index (χ3v) is 0.520. The van der Waals surface area contributed by atoms with Crippen LogP contribution in [0.5, 0.6) is 0 Å². The topological polar surface area (TPSA) is 29.5 Å². The Morgan fingerprint density at radius 1 is 1.56 bits per heavy atom. The summed E-state index contributed by atoms with van der Waals surface area (Å²) in [7, 11) is 1.02. The van der Waals surface area contributed by atoms with E-state index in [1.807, 2.05) is 0 Å². The molecule has 0 aliphatic carbocycles. The van der Waals surface area contributed by atoms with Gasteiger partial charge in [0.05, 0.1) is 7.11 Å². The second kappa shape index (κ2) is 2.61. The molecule has 5 heteroatoms. The fraction of sp³-hybridized carbons (Fsp3) is 0.500. The fourth-order valence-corrected chi connectivity index (χ4v) is 0.178. The second-order valence-corrected chi connectivity index (χ2v) is 1.24. The van der Waals surface area contributed by atoms with E-state index in [1.54, 1.807) is 0 Å². The molecular weight excluding hydrogens is 137 g/mol. The van der Waals surface area contributed by atoms with Gasteiger partial charge in [-0.3, -0.25) is 0 Å². The Labute approximate surface area is 49.5 Å².